The Morgan fingerprint density at radius 3 is 2.47 bits per heavy atom. The number of aromatic nitrogens is 5. The summed E-state index contributed by atoms with van der Waals surface area (Å²) in [4.78, 5) is 8.06. The SMILES string of the molecule is COc1cccc(OC)c1-n1c(NS(=O)(=O)CCc2ncc(Cl)cn2)nnc1C1COCCO1. The Labute approximate surface area is 201 Å². The smallest absolute Gasteiger partial charge is 0.243 e. The molecule has 1 aliphatic heterocycles. The highest BCUT2D eigenvalue weighted by Crippen LogP contribution is 2.37. The lowest BCUT2D eigenvalue weighted by Gasteiger charge is -2.24. The Morgan fingerprint density at radius 2 is 1.85 bits per heavy atom. The van der Waals surface area contributed by atoms with E-state index in [-0.39, 0.29) is 24.7 Å². The highest BCUT2D eigenvalue weighted by molar-refractivity contribution is 7.92. The van der Waals surface area contributed by atoms with Crippen molar-refractivity contribution in [2.24, 2.45) is 0 Å². The number of methoxy groups -OCH3 is 2. The fraction of sp³-hybridized carbons (Fsp3) is 0.400. The number of nitrogens with zero attached hydrogens (tertiary/aromatic N) is 5. The van der Waals surface area contributed by atoms with E-state index in [0.717, 1.165) is 0 Å². The van der Waals surface area contributed by atoms with E-state index in [1.165, 1.54) is 31.2 Å². The number of benzene rings is 1. The highest BCUT2D eigenvalue weighted by Gasteiger charge is 2.30. The number of nitrogens with one attached hydrogen (secondary N) is 1. The maximum absolute atomic E-state index is 12.9. The van der Waals surface area contributed by atoms with Gasteiger partial charge in [0.25, 0.3) is 0 Å². The number of ether oxygens (including phenoxy) is 4. The van der Waals surface area contributed by atoms with Crippen molar-refractivity contribution in [1.82, 2.24) is 24.7 Å². The number of sulfonamides is 1. The van der Waals surface area contributed by atoms with Crippen LogP contribution in [0.2, 0.25) is 5.02 Å². The quantitative estimate of drug-likeness (QED) is 0.453. The van der Waals surface area contributed by atoms with Gasteiger partial charge >= 0.3 is 0 Å². The molecule has 1 N–H and O–H groups in total. The minimum atomic E-state index is -3.87. The predicted octanol–water partition coefficient (Wildman–Crippen LogP) is 1.80. The molecule has 182 valence electrons. The van der Waals surface area contributed by atoms with Crippen molar-refractivity contribution in [2.45, 2.75) is 12.5 Å². The third kappa shape index (κ3) is 5.38. The Balaban J connectivity index is 1.70. The van der Waals surface area contributed by atoms with Gasteiger partial charge in [-0.3, -0.25) is 9.29 Å². The molecule has 1 aliphatic rings. The molecular weight excluding hydrogens is 488 g/mol. The van der Waals surface area contributed by atoms with Crippen LogP contribution in [-0.2, 0) is 25.9 Å². The van der Waals surface area contributed by atoms with E-state index < -0.39 is 16.1 Å². The van der Waals surface area contributed by atoms with Gasteiger partial charge < -0.3 is 18.9 Å². The van der Waals surface area contributed by atoms with Crippen LogP contribution >= 0.6 is 11.6 Å². The minimum Gasteiger partial charge on any atom is -0.494 e. The van der Waals surface area contributed by atoms with Crippen LogP contribution in [-0.4, -0.2) is 72.9 Å². The van der Waals surface area contributed by atoms with Crippen molar-refractivity contribution >= 4 is 27.6 Å². The molecule has 12 nitrogen and oxygen atoms in total. The average molecular weight is 511 g/mol. The van der Waals surface area contributed by atoms with Crippen LogP contribution in [0.3, 0.4) is 0 Å². The molecule has 0 amide bonds. The molecule has 0 spiro atoms. The van der Waals surface area contributed by atoms with Crippen LogP contribution in [0.25, 0.3) is 5.69 Å². The Morgan fingerprint density at radius 1 is 1.15 bits per heavy atom. The summed E-state index contributed by atoms with van der Waals surface area (Å²) >= 11 is 5.79. The maximum atomic E-state index is 12.9. The highest BCUT2D eigenvalue weighted by atomic mass is 35.5. The first-order valence-corrected chi connectivity index (χ1v) is 12.3. The number of rotatable bonds is 9. The third-order valence-electron chi connectivity index (χ3n) is 4.93. The van der Waals surface area contributed by atoms with Gasteiger partial charge in [0.05, 0.1) is 44.8 Å². The number of hydrogen-bond acceptors (Lipinski definition) is 10. The first kappa shape index (κ1) is 24.1. The van der Waals surface area contributed by atoms with E-state index in [1.54, 1.807) is 18.2 Å². The van der Waals surface area contributed by atoms with Crippen molar-refractivity contribution in [3.63, 3.8) is 0 Å². The zero-order chi connectivity index (χ0) is 24.1. The number of aryl methyl sites for hydroxylation is 1. The molecule has 1 fully saturated rings. The summed E-state index contributed by atoms with van der Waals surface area (Å²) in [5.74, 6) is 1.18. The second-order valence-electron chi connectivity index (χ2n) is 7.15. The number of hydrogen-bond donors (Lipinski definition) is 1. The molecule has 1 unspecified atom stereocenters. The molecule has 34 heavy (non-hydrogen) atoms. The largest absolute Gasteiger partial charge is 0.494 e. The minimum absolute atomic E-state index is 0.0519. The van der Waals surface area contributed by atoms with E-state index in [2.05, 4.69) is 24.9 Å². The molecule has 0 aliphatic carbocycles. The first-order chi connectivity index (χ1) is 16.4. The third-order valence-corrected chi connectivity index (χ3v) is 6.36. The zero-order valence-electron chi connectivity index (χ0n) is 18.5. The Bertz CT molecular complexity index is 1210. The second-order valence-corrected chi connectivity index (χ2v) is 9.43. The molecule has 2 aromatic heterocycles. The normalized spacial score (nSPS) is 16.3. The summed E-state index contributed by atoms with van der Waals surface area (Å²) < 4.78 is 52.2. The Hall–Kier alpha value is -3.00. The summed E-state index contributed by atoms with van der Waals surface area (Å²) in [5.41, 5.74) is 0.417. The monoisotopic (exact) mass is 510 g/mol. The first-order valence-electron chi connectivity index (χ1n) is 10.2. The van der Waals surface area contributed by atoms with Crippen LogP contribution in [0.15, 0.2) is 30.6 Å². The van der Waals surface area contributed by atoms with E-state index in [1.807, 2.05) is 0 Å². The zero-order valence-corrected chi connectivity index (χ0v) is 20.0. The van der Waals surface area contributed by atoms with Gasteiger partial charge in [0.1, 0.15) is 29.1 Å². The molecule has 1 aromatic carbocycles. The van der Waals surface area contributed by atoms with Crippen molar-refractivity contribution in [3.05, 3.63) is 47.3 Å². The summed E-state index contributed by atoms with van der Waals surface area (Å²) in [6.07, 6.45) is 2.32. The van der Waals surface area contributed by atoms with Crippen LogP contribution in [0.1, 0.15) is 17.8 Å². The van der Waals surface area contributed by atoms with Crippen molar-refractivity contribution in [3.8, 4) is 17.2 Å². The van der Waals surface area contributed by atoms with Crippen molar-refractivity contribution in [2.75, 3.05) is 44.5 Å². The molecule has 14 heteroatoms. The molecule has 0 bridgehead atoms. The molecule has 3 aromatic rings. The van der Waals surface area contributed by atoms with Gasteiger partial charge in [-0.2, -0.15) is 0 Å². The number of para-hydroxylation sites is 1. The lowest BCUT2D eigenvalue weighted by atomic mass is 10.2. The Kier molecular flexibility index (Phi) is 7.46. The van der Waals surface area contributed by atoms with Gasteiger partial charge in [-0.25, -0.2) is 18.4 Å². The topological polar surface area (TPSA) is 140 Å². The van der Waals surface area contributed by atoms with Crippen LogP contribution in [0.5, 0.6) is 11.5 Å². The fourth-order valence-electron chi connectivity index (χ4n) is 3.36. The van der Waals surface area contributed by atoms with Gasteiger partial charge in [0.2, 0.25) is 16.0 Å². The molecule has 1 atom stereocenters. The molecule has 3 heterocycles. The average Bonchev–Trinajstić information content (AvgIpc) is 3.25. The van der Waals surface area contributed by atoms with E-state index in [0.29, 0.717) is 47.1 Å². The van der Waals surface area contributed by atoms with Crippen LogP contribution < -0.4 is 14.2 Å². The standard InChI is InChI=1S/C20H23ClN6O6S/c1-30-14-4-3-5-15(31-2)18(14)27-19(16-12-32-7-8-33-16)24-25-20(27)26-34(28,29)9-6-17-22-10-13(21)11-23-17/h3-5,10-11,16H,6-9,12H2,1-2H3,(H,25,26). The lowest BCUT2D eigenvalue weighted by molar-refractivity contribution is -0.0941. The molecule has 1 saturated heterocycles. The van der Waals surface area contributed by atoms with Gasteiger partial charge in [0, 0.05) is 18.8 Å². The second kappa shape index (κ2) is 10.5. The fourth-order valence-corrected chi connectivity index (χ4v) is 4.43. The molecule has 0 radical (unpaired) electrons. The molecule has 4 rings (SSSR count). The van der Waals surface area contributed by atoms with E-state index in [9.17, 15) is 8.42 Å². The predicted molar refractivity (Wildman–Crippen MR) is 122 cm³/mol. The summed E-state index contributed by atoms with van der Waals surface area (Å²) in [6, 6.07) is 5.19. The van der Waals surface area contributed by atoms with Crippen LogP contribution in [0, 0.1) is 0 Å². The molecular formula is C20H23ClN6O6S. The van der Waals surface area contributed by atoms with Gasteiger partial charge in [-0.1, -0.05) is 17.7 Å². The summed E-state index contributed by atoms with van der Waals surface area (Å²) in [5, 5.41) is 8.67. The number of halogens is 1. The number of anilines is 1. The van der Waals surface area contributed by atoms with E-state index >= 15 is 0 Å². The maximum Gasteiger partial charge on any atom is 0.243 e. The van der Waals surface area contributed by atoms with Gasteiger partial charge in [0.15, 0.2) is 5.82 Å². The summed E-state index contributed by atoms with van der Waals surface area (Å²) in [7, 11) is -0.873. The molecule has 0 saturated carbocycles. The van der Waals surface area contributed by atoms with Crippen LogP contribution in [0.4, 0.5) is 5.95 Å². The van der Waals surface area contributed by atoms with Gasteiger partial charge in [-0.15, -0.1) is 10.2 Å². The summed E-state index contributed by atoms with van der Waals surface area (Å²) in [6.45, 7) is 1.05. The lowest BCUT2D eigenvalue weighted by Crippen LogP contribution is -2.26. The van der Waals surface area contributed by atoms with Crippen molar-refractivity contribution < 1.29 is 27.4 Å². The van der Waals surface area contributed by atoms with E-state index in [4.69, 9.17) is 30.5 Å². The van der Waals surface area contributed by atoms with Gasteiger partial charge in [-0.05, 0) is 12.1 Å². The van der Waals surface area contributed by atoms with Crippen molar-refractivity contribution in [1.29, 1.82) is 0 Å².